The number of rotatable bonds is 5. The predicted octanol–water partition coefficient (Wildman–Crippen LogP) is 0.427. The summed E-state index contributed by atoms with van der Waals surface area (Å²) in [6.45, 7) is 2.86. The number of benzene rings is 1. The van der Waals surface area contributed by atoms with Gasteiger partial charge < -0.3 is 25.0 Å². The summed E-state index contributed by atoms with van der Waals surface area (Å²) in [4.78, 5) is 12.0. The summed E-state index contributed by atoms with van der Waals surface area (Å²) in [6.07, 6.45) is 0.464. The second-order valence-electron chi connectivity index (χ2n) is 6.73. The largest absolute Gasteiger partial charge is 0.490 e. The highest BCUT2D eigenvalue weighted by atomic mass is 16.5. The fourth-order valence-corrected chi connectivity index (χ4v) is 3.25. The van der Waals surface area contributed by atoms with Gasteiger partial charge in [-0.25, -0.2) is 0 Å². The molecule has 4 atom stereocenters. The number of hydrogen-bond donors (Lipinski definition) is 3. The number of ether oxygens (including phenoxy) is 2. The highest BCUT2D eigenvalue weighted by molar-refractivity contribution is 5.76. The first-order chi connectivity index (χ1) is 11.5. The lowest BCUT2D eigenvalue weighted by atomic mass is 9.96. The number of nitrogens with one attached hydrogen (secondary N) is 1. The molecule has 0 spiro atoms. The van der Waals surface area contributed by atoms with Crippen molar-refractivity contribution < 1.29 is 24.5 Å². The number of aliphatic hydroxyl groups excluding tert-OH is 2. The maximum atomic E-state index is 12.0. The minimum Gasteiger partial charge on any atom is -0.490 e. The van der Waals surface area contributed by atoms with Crippen molar-refractivity contribution in [1.82, 2.24) is 5.32 Å². The van der Waals surface area contributed by atoms with Crippen molar-refractivity contribution >= 4 is 5.91 Å². The normalized spacial score (nSPS) is 29.0. The monoisotopic (exact) mass is 335 g/mol. The Morgan fingerprint density at radius 2 is 2.17 bits per heavy atom. The second-order valence-corrected chi connectivity index (χ2v) is 6.73. The van der Waals surface area contributed by atoms with Gasteiger partial charge in [-0.2, -0.15) is 0 Å². The third-order valence-electron chi connectivity index (χ3n) is 4.66. The van der Waals surface area contributed by atoms with Crippen LogP contribution in [0.3, 0.4) is 0 Å². The molecule has 3 rings (SSSR count). The summed E-state index contributed by atoms with van der Waals surface area (Å²) < 4.78 is 10.9. The van der Waals surface area contributed by atoms with Gasteiger partial charge >= 0.3 is 0 Å². The number of hydrogen-bond acceptors (Lipinski definition) is 5. The van der Waals surface area contributed by atoms with Gasteiger partial charge in [0.05, 0.1) is 19.3 Å². The van der Waals surface area contributed by atoms with Gasteiger partial charge in [0.25, 0.3) is 0 Å². The number of aliphatic hydroxyl groups is 2. The van der Waals surface area contributed by atoms with Crippen molar-refractivity contribution in [2.24, 2.45) is 5.92 Å². The molecule has 1 aromatic rings. The van der Waals surface area contributed by atoms with E-state index in [1.165, 1.54) is 5.56 Å². The lowest BCUT2D eigenvalue weighted by Crippen LogP contribution is -2.48. The molecule has 1 saturated heterocycles. The lowest BCUT2D eigenvalue weighted by molar-refractivity contribution is -0.128. The topological polar surface area (TPSA) is 88.0 Å². The Bertz CT molecular complexity index is 591. The van der Waals surface area contributed by atoms with Crippen LogP contribution in [0.2, 0.25) is 0 Å². The zero-order valence-electron chi connectivity index (χ0n) is 13.9. The van der Waals surface area contributed by atoms with E-state index < -0.39 is 12.2 Å². The molecule has 0 aliphatic carbocycles. The number of aryl methyl sites for hydroxylation is 1. The van der Waals surface area contributed by atoms with Crippen molar-refractivity contribution in [3.63, 3.8) is 0 Å². The average molecular weight is 335 g/mol. The summed E-state index contributed by atoms with van der Waals surface area (Å²) in [5.74, 6) is 0.615. The van der Waals surface area contributed by atoms with Gasteiger partial charge in [-0.15, -0.1) is 0 Å². The SMILES string of the molecule is C[C@@H]1Cc2cc(CCC(=O)NC[C@@H]3COC[C@@H](O)[C@H]3O)ccc2O1. The smallest absolute Gasteiger partial charge is 0.220 e. The van der Waals surface area contributed by atoms with E-state index >= 15 is 0 Å². The van der Waals surface area contributed by atoms with E-state index in [0.29, 0.717) is 26.0 Å². The Morgan fingerprint density at radius 3 is 3.00 bits per heavy atom. The third kappa shape index (κ3) is 4.06. The number of amides is 1. The summed E-state index contributed by atoms with van der Waals surface area (Å²) >= 11 is 0. The minimum absolute atomic E-state index is 0.0626. The van der Waals surface area contributed by atoms with Crippen molar-refractivity contribution in [2.45, 2.75) is 44.5 Å². The Morgan fingerprint density at radius 1 is 1.33 bits per heavy atom. The van der Waals surface area contributed by atoms with Gasteiger partial charge in [0.2, 0.25) is 5.91 Å². The predicted molar refractivity (Wildman–Crippen MR) is 87.9 cm³/mol. The van der Waals surface area contributed by atoms with Gasteiger partial charge in [-0.3, -0.25) is 4.79 Å². The molecule has 0 bridgehead atoms. The Balaban J connectivity index is 1.44. The highest BCUT2D eigenvalue weighted by Gasteiger charge is 2.31. The number of fused-ring (bicyclic) bond motifs is 1. The summed E-state index contributed by atoms with van der Waals surface area (Å²) in [5.41, 5.74) is 2.33. The van der Waals surface area contributed by atoms with Crippen LogP contribution in [0.1, 0.15) is 24.5 Å². The quantitative estimate of drug-likeness (QED) is 0.726. The molecule has 1 fully saturated rings. The first kappa shape index (κ1) is 17.2. The molecule has 6 heteroatoms. The standard InChI is InChI=1S/C18H25NO5/c1-11-6-13-7-12(2-4-16(13)24-11)3-5-17(21)19-8-14-9-23-10-15(20)18(14)22/h2,4,7,11,14-15,18,20,22H,3,5-6,8-10H2,1H3,(H,19,21)/t11-,14-,15-,18+/m1/s1. The number of carbonyl (C=O) groups excluding carboxylic acids is 1. The zero-order chi connectivity index (χ0) is 17.1. The zero-order valence-corrected chi connectivity index (χ0v) is 13.9. The van der Waals surface area contributed by atoms with Crippen LogP contribution in [-0.4, -0.2) is 54.2 Å². The fourth-order valence-electron chi connectivity index (χ4n) is 3.25. The van der Waals surface area contributed by atoms with Crippen LogP contribution in [0.25, 0.3) is 0 Å². The van der Waals surface area contributed by atoms with E-state index in [1.54, 1.807) is 0 Å². The third-order valence-corrected chi connectivity index (χ3v) is 4.66. The molecule has 1 aromatic carbocycles. The Kier molecular flexibility index (Phi) is 5.38. The molecule has 24 heavy (non-hydrogen) atoms. The van der Waals surface area contributed by atoms with Crippen LogP contribution in [0.15, 0.2) is 18.2 Å². The van der Waals surface area contributed by atoms with Gasteiger partial charge in [0, 0.05) is 25.3 Å². The van der Waals surface area contributed by atoms with Gasteiger partial charge in [-0.1, -0.05) is 12.1 Å². The minimum atomic E-state index is -0.878. The van der Waals surface area contributed by atoms with Crippen molar-refractivity contribution in [2.75, 3.05) is 19.8 Å². The Labute approximate surface area is 141 Å². The van der Waals surface area contributed by atoms with Crippen molar-refractivity contribution in [3.8, 4) is 5.75 Å². The summed E-state index contributed by atoms with van der Waals surface area (Å²) in [5, 5.41) is 22.3. The van der Waals surface area contributed by atoms with E-state index in [4.69, 9.17) is 9.47 Å². The second kappa shape index (κ2) is 7.51. The molecule has 2 aliphatic heterocycles. The van der Waals surface area contributed by atoms with E-state index in [2.05, 4.69) is 11.4 Å². The maximum Gasteiger partial charge on any atom is 0.220 e. The molecule has 1 amide bonds. The van der Waals surface area contributed by atoms with Crippen LogP contribution in [0.4, 0.5) is 0 Å². The molecule has 0 saturated carbocycles. The molecular weight excluding hydrogens is 310 g/mol. The Hall–Kier alpha value is -1.63. The first-order valence-corrected chi connectivity index (χ1v) is 8.52. The van der Waals surface area contributed by atoms with Crippen LogP contribution in [0, 0.1) is 5.92 Å². The van der Waals surface area contributed by atoms with Gasteiger partial charge in [0.15, 0.2) is 0 Å². The maximum absolute atomic E-state index is 12.0. The summed E-state index contributed by atoms with van der Waals surface area (Å²) in [6, 6.07) is 6.09. The van der Waals surface area contributed by atoms with E-state index in [-0.39, 0.29) is 24.5 Å². The van der Waals surface area contributed by atoms with E-state index in [0.717, 1.165) is 17.7 Å². The summed E-state index contributed by atoms with van der Waals surface area (Å²) in [7, 11) is 0. The molecule has 3 N–H and O–H groups in total. The molecular formula is C18H25NO5. The molecule has 6 nitrogen and oxygen atoms in total. The van der Waals surface area contributed by atoms with Crippen LogP contribution in [0.5, 0.6) is 5.75 Å². The lowest BCUT2D eigenvalue weighted by Gasteiger charge is -2.31. The fraction of sp³-hybridized carbons (Fsp3) is 0.611. The molecule has 0 aromatic heterocycles. The van der Waals surface area contributed by atoms with Crippen molar-refractivity contribution in [1.29, 1.82) is 0 Å². The van der Waals surface area contributed by atoms with Gasteiger partial charge in [0.1, 0.15) is 18.0 Å². The molecule has 0 unspecified atom stereocenters. The molecule has 0 radical (unpaired) electrons. The first-order valence-electron chi connectivity index (χ1n) is 8.52. The molecule has 2 aliphatic rings. The number of carbonyl (C=O) groups is 1. The molecule has 132 valence electrons. The van der Waals surface area contributed by atoms with Crippen LogP contribution < -0.4 is 10.1 Å². The van der Waals surface area contributed by atoms with Crippen LogP contribution in [-0.2, 0) is 22.4 Å². The van der Waals surface area contributed by atoms with E-state index in [9.17, 15) is 15.0 Å². The van der Waals surface area contributed by atoms with E-state index in [1.807, 2.05) is 19.1 Å². The van der Waals surface area contributed by atoms with Crippen molar-refractivity contribution in [3.05, 3.63) is 29.3 Å². The highest BCUT2D eigenvalue weighted by Crippen LogP contribution is 2.29. The van der Waals surface area contributed by atoms with Gasteiger partial charge in [-0.05, 0) is 30.5 Å². The average Bonchev–Trinajstić information content (AvgIpc) is 2.93. The van der Waals surface area contributed by atoms with Crippen LogP contribution >= 0.6 is 0 Å². The molecule has 2 heterocycles.